The molecule has 0 aromatic heterocycles. The number of hydrogen-bond donors (Lipinski definition) is 1. The number of hydrogen-bond acceptors (Lipinski definition) is 2. The van der Waals surface area contributed by atoms with Crippen LogP contribution in [0.5, 0.6) is 5.75 Å². The number of aliphatic hydroxyl groups excluding tert-OH is 1. The third-order valence-corrected chi connectivity index (χ3v) is 4.29. The molecule has 1 fully saturated rings. The fourth-order valence-electron chi connectivity index (χ4n) is 3.13. The number of rotatable bonds is 4. The molecule has 1 N–H and O–H groups in total. The van der Waals surface area contributed by atoms with E-state index in [4.69, 9.17) is 4.74 Å². The first-order chi connectivity index (χ1) is 10.3. The van der Waals surface area contributed by atoms with Crippen LogP contribution in [0, 0.1) is 0 Å². The van der Waals surface area contributed by atoms with Crippen molar-refractivity contribution in [2.75, 3.05) is 0 Å². The maximum atomic E-state index is 10.3. The highest BCUT2D eigenvalue weighted by molar-refractivity contribution is 5.37. The maximum Gasteiger partial charge on any atom is 0.123 e. The number of ether oxygens (including phenoxy) is 1. The minimum Gasteiger partial charge on any atom is -0.489 e. The number of benzene rings is 2. The first-order valence-electron chi connectivity index (χ1n) is 7.78. The highest BCUT2D eigenvalue weighted by atomic mass is 16.5. The fourth-order valence-corrected chi connectivity index (χ4v) is 3.13. The SMILES string of the molecule is OC1CCCC[C@H]1c1ccccc1OCc1ccccc1. The molecule has 1 saturated carbocycles. The summed E-state index contributed by atoms with van der Waals surface area (Å²) in [4.78, 5) is 0. The second kappa shape index (κ2) is 6.77. The van der Waals surface area contributed by atoms with Crippen LogP contribution in [0.2, 0.25) is 0 Å². The number of para-hydroxylation sites is 1. The van der Waals surface area contributed by atoms with Gasteiger partial charge in [0.25, 0.3) is 0 Å². The summed E-state index contributed by atoms with van der Waals surface area (Å²) >= 11 is 0. The Hall–Kier alpha value is -1.80. The van der Waals surface area contributed by atoms with Gasteiger partial charge in [0.2, 0.25) is 0 Å². The Balaban J connectivity index is 1.76. The van der Waals surface area contributed by atoms with Crippen LogP contribution in [-0.2, 0) is 6.61 Å². The Morgan fingerprint density at radius 1 is 0.905 bits per heavy atom. The van der Waals surface area contributed by atoms with Crippen LogP contribution in [0.15, 0.2) is 54.6 Å². The molecule has 3 rings (SSSR count). The topological polar surface area (TPSA) is 29.5 Å². The molecule has 2 nitrogen and oxygen atoms in total. The van der Waals surface area contributed by atoms with Gasteiger partial charge in [-0.2, -0.15) is 0 Å². The summed E-state index contributed by atoms with van der Waals surface area (Å²) in [5.41, 5.74) is 2.32. The molecule has 0 heterocycles. The zero-order chi connectivity index (χ0) is 14.5. The zero-order valence-electron chi connectivity index (χ0n) is 12.2. The van der Waals surface area contributed by atoms with Gasteiger partial charge in [-0.25, -0.2) is 0 Å². The molecule has 2 aromatic rings. The Labute approximate surface area is 126 Å². The van der Waals surface area contributed by atoms with Crippen molar-refractivity contribution in [1.82, 2.24) is 0 Å². The molecule has 0 amide bonds. The van der Waals surface area contributed by atoms with Gasteiger partial charge in [0.1, 0.15) is 12.4 Å². The molecule has 0 saturated heterocycles. The van der Waals surface area contributed by atoms with Gasteiger partial charge in [0, 0.05) is 5.92 Å². The van der Waals surface area contributed by atoms with E-state index in [9.17, 15) is 5.11 Å². The van der Waals surface area contributed by atoms with E-state index in [1.807, 2.05) is 36.4 Å². The van der Waals surface area contributed by atoms with Crippen molar-refractivity contribution in [3.8, 4) is 5.75 Å². The molecule has 1 aliphatic rings. The predicted molar refractivity (Wildman–Crippen MR) is 84.4 cm³/mol. The third-order valence-electron chi connectivity index (χ3n) is 4.29. The van der Waals surface area contributed by atoms with Crippen molar-refractivity contribution in [2.45, 2.75) is 44.3 Å². The lowest BCUT2D eigenvalue weighted by Gasteiger charge is -2.29. The average molecular weight is 282 g/mol. The van der Waals surface area contributed by atoms with E-state index in [1.165, 1.54) is 6.42 Å². The summed E-state index contributed by atoms with van der Waals surface area (Å²) < 4.78 is 6.01. The van der Waals surface area contributed by atoms with Gasteiger partial charge in [-0.15, -0.1) is 0 Å². The van der Waals surface area contributed by atoms with Crippen LogP contribution in [0.1, 0.15) is 42.7 Å². The second-order valence-electron chi connectivity index (χ2n) is 5.77. The number of aliphatic hydroxyl groups is 1. The van der Waals surface area contributed by atoms with Gasteiger partial charge >= 0.3 is 0 Å². The molecule has 0 bridgehead atoms. The van der Waals surface area contributed by atoms with Crippen molar-refractivity contribution >= 4 is 0 Å². The van der Waals surface area contributed by atoms with Gasteiger partial charge in [-0.05, 0) is 30.0 Å². The minimum atomic E-state index is -0.236. The molecule has 21 heavy (non-hydrogen) atoms. The van der Waals surface area contributed by atoms with E-state index in [2.05, 4.69) is 18.2 Å². The molecular formula is C19H22O2. The Morgan fingerprint density at radius 2 is 1.62 bits per heavy atom. The summed E-state index contributed by atoms with van der Waals surface area (Å²) in [6.07, 6.45) is 4.03. The van der Waals surface area contributed by atoms with Crippen LogP contribution >= 0.6 is 0 Å². The quantitative estimate of drug-likeness (QED) is 0.906. The Morgan fingerprint density at radius 3 is 2.43 bits per heavy atom. The smallest absolute Gasteiger partial charge is 0.123 e. The Kier molecular flexibility index (Phi) is 4.56. The molecule has 2 atom stereocenters. The summed E-state index contributed by atoms with van der Waals surface area (Å²) in [6, 6.07) is 18.3. The molecule has 0 radical (unpaired) electrons. The van der Waals surface area contributed by atoms with E-state index < -0.39 is 0 Å². The highest BCUT2D eigenvalue weighted by Gasteiger charge is 2.26. The van der Waals surface area contributed by atoms with Crippen LogP contribution in [0.4, 0.5) is 0 Å². The van der Waals surface area contributed by atoms with Crippen LogP contribution in [-0.4, -0.2) is 11.2 Å². The Bertz CT molecular complexity index is 565. The van der Waals surface area contributed by atoms with Gasteiger partial charge in [-0.1, -0.05) is 61.4 Å². The van der Waals surface area contributed by atoms with Crippen LogP contribution in [0.3, 0.4) is 0 Å². The van der Waals surface area contributed by atoms with E-state index >= 15 is 0 Å². The summed E-state index contributed by atoms with van der Waals surface area (Å²) in [6.45, 7) is 0.570. The lowest BCUT2D eigenvalue weighted by Crippen LogP contribution is -2.23. The van der Waals surface area contributed by atoms with Crippen molar-refractivity contribution in [3.63, 3.8) is 0 Å². The largest absolute Gasteiger partial charge is 0.489 e. The van der Waals surface area contributed by atoms with E-state index in [-0.39, 0.29) is 12.0 Å². The molecule has 1 unspecified atom stereocenters. The monoisotopic (exact) mass is 282 g/mol. The molecule has 2 aromatic carbocycles. The van der Waals surface area contributed by atoms with E-state index in [0.29, 0.717) is 6.61 Å². The van der Waals surface area contributed by atoms with E-state index in [0.717, 1.165) is 36.1 Å². The van der Waals surface area contributed by atoms with Gasteiger partial charge in [-0.3, -0.25) is 0 Å². The lowest BCUT2D eigenvalue weighted by atomic mass is 9.81. The summed E-state index contributed by atoms with van der Waals surface area (Å²) in [7, 11) is 0. The lowest BCUT2D eigenvalue weighted by molar-refractivity contribution is 0.104. The van der Waals surface area contributed by atoms with Gasteiger partial charge < -0.3 is 9.84 Å². The highest BCUT2D eigenvalue weighted by Crippen LogP contribution is 2.37. The van der Waals surface area contributed by atoms with Crippen molar-refractivity contribution in [1.29, 1.82) is 0 Å². The standard InChI is InChI=1S/C19H22O2/c20-18-12-6-4-10-16(18)17-11-5-7-13-19(17)21-14-15-8-2-1-3-9-15/h1-3,5,7-9,11,13,16,18,20H,4,6,10,12,14H2/t16-,18?/m0/s1. The first kappa shape index (κ1) is 14.2. The molecular weight excluding hydrogens is 260 g/mol. The van der Waals surface area contributed by atoms with Gasteiger partial charge in [0.15, 0.2) is 0 Å². The third kappa shape index (κ3) is 3.45. The van der Waals surface area contributed by atoms with Crippen molar-refractivity contribution in [3.05, 3.63) is 65.7 Å². The van der Waals surface area contributed by atoms with E-state index in [1.54, 1.807) is 0 Å². The van der Waals surface area contributed by atoms with Crippen molar-refractivity contribution < 1.29 is 9.84 Å². The van der Waals surface area contributed by atoms with Crippen molar-refractivity contribution in [2.24, 2.45) is 0 Å². The normalized spacial score (nSPS) is 22.0. The maximum absolute atomic E-state index is 10.3. The first-order valence-corrected chi connectivity index (χ1v) is 7.78. The molecule has 110 valence electrons. The average Bonchev–Trinajstić information content (AvgIpc) is 2.55. The molecule has 2 heteroatoms. The fraction of sp³-hybridized carbons (Fsp3) is 0.368. The zero-order valence-corrected chi connectivity index (χ0v) is 12.2. The van der Waals surface area contributed by atoms with Gasteiger partial charge in [0.05, 0.1) is 6.10 Å². The molecule has 0 aliphatic heterocycles. The van der Waals surface area contributed by atoms with Crippen LogP contribution in [0.25, 0.3) is 0 Å². The molecule has 1 aliphatic carbocycles. The predicted octanol–water partition coefficient (Wildman–Crippen LogP) is 4.28. The summed E-state index contributed by atoms with van der Waals surface area (Å²) in [5.74, 6) is 1.12. The second-order valence-corrected chi connectivity index (χ2v) is 5.77. The van der Waals surface area contributed by atoms with Crippen LogP contribution < -0.4 is 4.74 Å². The minimum absolute atomic E-state index is 0.214. The molecule has 0 spiro atoms. The summed E-state index contributed by atoms with van der Waals surface area (Å²) in [5, 5.41) is 10.3.